The van der Waals surface area contributed by atoms with Gasteiger partial charge in [-0.25, -0.2) is 9.59 Å². The number of fused-ring (bicyclic) bond motifs is 3. The van der Waals surface area contributed by atoms with E-state index in [1.807, 2.05) is 52.5 Å². The van der Waals surface area contributed by atoms with Gasteiger partial charge in [-0.05, 0) is 59.7 Å². The molecule has 0 aliphatic carbocycles. The Hall–Kier alpha value is -2.41. The van der Waals surface area contributed by atoms with E-state index in [9.17, 15) is 9.59 Å². The summed E-state index contributed by atoms with van der Waals surface area (Å²) in [5, 5.41) is 6.56. The quantitative estimate of drug-likeness (QED) is 0.734. The number of rotatable bonds is 2. The first-order valence-corrected chi connectivity index (χ1v) is 9.72. The smallest absolute Gasteiger partial charge is 0.356 e. The van der Waals surface area contributed by atoms with Crippen LogP contribution in [0.15, 0.2) is 29.6 Å². The molecule has 0 bridgehead atoms. The van der Waals surface area contributed by atoms with Crippen LogP contribution in [-0.4, -0.2) is 36.4 Å². The molecular weight excluding hydrogens is 380 g/mol. The van der Waals surface area contributed by atoms with Crippen LogP contribution < -0.4 is 20.4 Å². The van der Waals surface area contributed by atoms with Crippen molar-refractivity contribution in [2.45, 2.75) is 52.7 Å². The van der Waals surface area contributed by atoms with Crippen LogP contribution in [0.1, 0.15) is 41.5 Å². The number of carbonyl (C=O) groups excluding carboxylic acids is 2. The molecular formula is C20H27ClN4O3. The first kappa shape index (κ1) is 20.3. The number of urea groups is 1. The lowest BCUT2D eigenvalue weighted by molar-refractivity contribution is -0.150. The number of esters is 1. The van der Waals surface area contributed by atoms with Crippen LogP contribution in [0.4, 0.5) is 16.2 Å². The van der Waals surface area contributed by atoms with Crippen molar-refractivity contribution >= 4 is 35.0 Å². The molecule has 0 saturated carbocycles. The van der Waals surface area contributed by atoms with E-state index in [-0.39, 0.29) is 6.03 Å². The molecule has 0 atom stereocenters. The van der Waals surface area contributed by atoms with Crippen molar-refractivity contribution in [1.82, 2.24) is 10.6 Å². The second-order valence-corrected chi connectivity index (χ2v) is 8.79. The predicted molar refractivity (Wildman–Crippen MR) is 110 cm³/mol. The topological polar surface area (TPSA) is 73.9 Å². The Morgan fingerprint density at radius 2 is 1.96 bits per heavy atom. The summed E-state index contributed by atoms with van der Waals surface area (Å²) in [5.74, 6) is -0.439. The molecule has 3 rings (SSSR count). The summed E-state index contributed by atoms with van der Waals surface area (Å²) in [6.45, 7) is 12.1. The molecule has 2 amide bonds. The number of hydrogen-bond donors (Lipinski definition) is 2. The van der Waals surface area contributed by atoms with E-state index in [1.165, 1.54) is 0 Å². The molecule has 0 fully saturated rings. The van der Waals surface area contributed by atoms with Gasteiger partial charge in [0.25, 0.3) is 0 Å². The number of amides is 2. The van der Waals surface area contributed by atoms with Gasteiger partial charge in [-0.15, -0.1) is 0 Å². The highest BCUT2D eigenvalue weighted by atomic mass is 35.5. The van der Waals surface area contributed by atoms with Crippen molar-refractivity contribution in [1.29, 1.82) is 0 Å². The Bertz CT molecular complexity index is 857. The van der Waals surface area contributed by atoms with E-state index < -0.39 is 17.1 Å². The van der Waals surface area contributed by atoms with Crippen LogP contribution >= 0.6 is 11.6 Å². The fourth-order valence-electron chi connectivity index (χ4n) is 3.70. The number of hydrogen-bond acceptors (Lipinski definition) is 5. The minimum atomic E-state index is -0.813. The van der Waals surface area contributed by atoms with E-state index in [0.717, 1.165) is 5.69 Å². The first-order valence-electron chi connectivity index (χ1n) is 9.34. The molecule has 8 heteroatoms. The molecule has 0 spiro atoms. The zero-order valence-electron chi connectivity index (χ0n) is 17.1. The lowest BCUT2D eigenvalue weighted by atomic mass is 9.91. The number of nitrogens with zero attached hydrogens (tertiary/aromatic N) is 2. The third-order valence-electron chi connectivity index (χ3n) is 4.66. The Morgan fingerprint density at radius 1 is 1.29 bits per heavy atom. The number of carbonyl (C=O) groups is 2. The molecule has 28 heavy (non-hydrogen) atoms. The summed E-state index contributed by atoms with van der Waals surface area (Å²) >= 11 is 6.23. The highest BCUT2D eigenvalue weighted by Crippen LogP contribution is 2.48. The lowest BCUT2D eigenvalue weighted by Crippen LogP contribution is -2.58. The maximum Gasteiger partial charge on any atom is 0.356 e. The SMILES string of the molecule is CCNC(=O)N1c2cc(Cl)ccc2N2CNC(C(=O)OC(C)(C)C)=C2C1(C)C. The van der Waals surface area contributed by atoms with Gasteiger partial charge in [-0.2, -0.15) is 0 Å². The first-order chi connectivity index (χ1) is 13.0. The molecule has 152 valence electrons. The van der Waals surface area contributed by atoms with E-state index in [4.69, 9.17) is 16.3 Å². The fraction of sp³-hybridized carbons (Fsp3) is 0.500. The normalized spacial score (nSPS) is 17.7. The number of anilines is 2. The Kier molecular flexibility index (Phi) is 5.00. The monoisotopic (exact) mass is 406 g/mol. The molecule has 1 aromatic carbocycles. The van der Waals surface area contributed by atoms with Gasteiger partial charge in [0.05, 0.1) is 29.3 Å². The van der Waals surface area contributed by atoms with Crippen molar-refractivity contribution < 1.29 is 14.3 Å². The van der Waals surface area contributed by atoms with E-state index >= 15 is 0 Å². The summed E-state index contributed by atoms with van der Waals surface area (Å²) in [6.07, 6.45) is 0. The van der Waals surface area contributed by atoms with E-state index in [2.05, 4.69) is 10.6 Å². The highest BCUT2D eigenvalue weighted by Gasteiger charge is 2.49. The summed E-state index contributed by atoms with van der Waals surface area (Å²) in [5.41, 5.74) is 1.13. The second-order valence-electron chi connectivity index (χ2n) is 8.35. The van der Waals surface area contributed by atoms with Crippen LogP contribution in [0.3, 0.4) is 0 Å². The number of benzene rings is 1. The zero-order chi connectivity index (χ0) is 20.9. The minimum absolute atomic E-state index is 0.251. The zero-order valence-corrected chi connectivity index (χ0v) is 17.9. The molecule has 0 saturated heterocycles. The highest BCUT2D eigenvalue weighted by molar-refractivity contribution is 6.31. The van der Waals surface area contributed by atoms with Crippen LogP contribution in [0.2, 0.25) is 5.02 Å². The van der Waals surface area contributed by atoms with Gasteiger partial charge in [0.15, 0.2) is 0 Å². The van der Waals surface area contributed by atoms with Crippen molar-refractivity contribution in [3.05, 3.63) is 34.6 Å². The molecule has 1 aromatic rings. The van der Waals surface area contributed by atoms with Crippen LogP contribution in [0, 0.1) is 0 Å². The maximum absolute atomic E-state index is 13.0. The largest absolute Gasteiger partial charge is 0.455 e. The average molecular weight is 407 g/mol. The molecule has 2 aliphatic heterocycles. The van der Waals surface area contributed by atoms with Crippen LogP contribution in [-0.2, 0) is 9.53 Å². The summed E-state index contributed by atoms with van der Waals surface area (Å²) in [6, 6.07) is 5.16. The molecule has 0 radical (unpaired) electrons. The van der Waals surface area contributed by atoms with Gasteiger partial charge in [0, 0.05) is 11.6 Å². The number of halogens is 1. The molecule has 7 nitrogen and oxygen atoms in total. The minimum Gasteiger partial charge on any atom is -0.455 e. The van der Waals surface area contributed by atoms with Gasteiger partial charge in [-0.3, -0.25) is 4.90 Å². The molecule has 2 N–H and O–H groups in total. The van der Waals surface area contributed by atoms with Crippen molar-refractivity contribution in [3.63, 3.8) is 0 Å². The second kappa shape index (κ2) is 6.88. The van der Waals surface area contributed by atoms with Gasteiger partial charge in [0.1, 0.15) is 11.3 Å². The van der Waals surface area contributed by atoms with Gasteiger partial charge in [-0.1, -0.05) is 11.6 Å². The molecule has 0 aromatic heterocycles. The summed E-state index contributed by atoms with van der Waals surface area (Å²) in [4.78, 5) is 29.5. The van der Waals surface area contributed by atoms with E-state index in [0.29, 0.717) is 35.3 Å². The van der Waals surface area contributed by atoms with Crippen molar-refractivity contribution in [3.8, 4) is 0 Å². The van der Waals surface area contributed by atoms with Gasteiger partial charge >= 0.3 is 12.0 Å². The van der Waals surface area contributed by atoms with Crippen molar-refractivity contribution in [2.75, 3.05) is 23.0 Å². The number of nitrogens with one attached hydrogen (secondary N) is 2. The third-order valence-corrected chi connectivity index (χ3v) is 4.90. The predicted octanol–water partition coefficient (Wildman–Crippen LogP) is 3.59. The van der Waals surface area contributed by atoms with Crippen LogP contribution in [0.5, 0.6) is 0 Å². The summed E-state index contributed by atoms with van der Waals surface area (Å²) in [7, 11) is 0. The van der Waals surface area contributed by atoms with Gasteiger partial charge in [0.2, 0.25) is 0 Å². The van der Waals surface area contributed by atoms with Crippen molar-refractivity contribution in [2.24, 2.45) is 0 Å². The van der Waals surface area contributed by atoms with Gasteiger partial charge < -0.3 is 20.3 Å². The average Bonchev–Trinajstić information content (AvgIpc) is 2.99. The third kappa shape index (κ3) is 3.39. The molecule has 2 heterocycles. The van der Waals surface area contributed by atoms with E-state index in [1.54, 1.807) is 17.0 Å². The van der Waals surface area contributed by atoms with Crippen LogP contribution in [0.25, 0.3) is 0 Å². The Balaban J connectivity index is 2.19. The maximum atomic E-state index is 13.0. The summed E-state index contributed by atoms with van der Waals surface area (Å²) < 4.78 is 5.59. The number of ether oxygens (including phenoxy) is 1. The molecule has 2 aliphatic rings. The molecule has 0 unspecified atom stereocenters. The Morgan fingerprint density at radius 3 is 2.57 bits per heavy atom. The fourth-order valence-corrected chi connectivity index (χ4v) is 3.87. The standard InChI is InChI=1S/C20H27ClN4O3/c1-7-22-18(27)25-14-10-12(21)8-9-13(14)24-11-23-15(16(24)20(25,5)6)17(26)28-19(2,3)4/h8-10,23H,7,11H2,1-6H3,(H,22,27). The Labute approximate surface area is 170 Å². The lowest BCUT2D eigenvalue weighted by Gasteiger charge is -2.48.